The minimum Gasteiger partial charge on any atom is -0.493 e. The average molecular weight is 399 g/mol. The van der Waals surface area contributed by atoms with Crippen molar-refractivity contribution in [3.8, 4) is 17.2 Å². The first-order chi connectivity index (χ1) is 12.8. The fraction of sp³-hybridized carbons (Fsp3) is 0.211. The molecule has 0 saturated heterocycles. The molecule has 0 radical (unpaired) electrons. The molecule has 0 amide bonds. The normalized spacial score (nSPS) is 11.6. The summed E-state index contributed by atoms with van der Waals surface area (Å²) in [4.78, 5) is 12.7. The Bertz CT molecular complexity index is 1030. The van der Waals surface area contributed by atoms with E-state index >= 15 is 0 Å². The van der Waals surface area contributed by atoms with Gasteiger partial charge in [-0.2, -0.15) is 13.2 Å². The van der Waals surface area contributed by atoms with Crippen LogP contribution in [0, 0.1) is 0 Å². The number of hydrogen-bond donors (Lipinski definition) is 0. The Morgan fingerprint density at radius 2 is 1.89 bits per heavy atom. The van der Waals surface area contributed by atoms with Gasteiger partial charge < -0.3 is 13.9 Å². The standard InChI is InChI=1S/C19H14ClF3O4/c1-2-9-25-11-7-8-12-15(10-11)27-18(19(21,22)23)17(16(12)24)26-14-6-4-3-5-13(14)20/h3-8,10H,2,9H2,1H3. The molecule has 3 aromatic rings. The minimum absolute atomic E-state index is 0.0612. The van der Waals surface area contributed by atoms with Gasteiger partial charge in [0.25, 0.3) is 5.76 Å². The van der Waals surface area contributed by atoms with Crippen LogP contribution in [0.1, 0.15) is 19.1 Å². The van der Waals surface area contributed by atoms with E-state index in [2.05, 4.69) is 0 Å². The number of hydrogen-bond acceptors (Lipinski definition) is 4. The first kappa shape index (κ1) is 19.1. The summed E-state index contributed by atoms with van der Waals surface area (Å²) in [5, 5.41) is 0.00216. The maximum atomic E-state index is 13.5. The molecule has 0 saturated carbocycles. The highest BCUT2D eigenvalue weighted by Gasteiger charge is 2.40. The molecule has 1 aromatic heterocycles. The number of alkyl halides is 3. The molecular formula is C19H14ClF3O4. The molecule has 4 nitrogen and oxygen atoms in total. The highest BCUT2D eigenvalue weighted by molar-refractivity contribution is 6.32. The summed E-state index contributed by atoms with van der Waals surface area (Å²) < 4.78 is 56.0. The molecule has 142 valence electrons. The number of rotatable bonds is 5. The molecule has 0 aliphatic heterocycles. The molecule has 2 aromatic carbocycles. The van der Waals surface area contributed by atoms with Gasteiger partial charge in [0, 0.05) is 6.07 Å². The maximum absolute atomic E-state index is 13.5. The van der Waals surface area contributed by atoms with Crippen LogP contribution in [0.25, 0.3) is 11.0 Å². The lowest BCUT2D eigenvalue weighted by atomic mass is 10.2. The first-order valence-corrected chi connectivity index (χ1v) is 8.42. The van der Waals surface area contributed by atoms with Crippen molar-refractivity contribution in [1.82, 2.24) is 0 Å². The van der Waals surface area contributed by atoms with Crippen molar-refractivity contribution in [3.05, 3.63) is 63.5 Å². The van der Waals surface area contributed by atoms with Crippen LogP contribution >= 0.6 is 11.6 Å². The molecule has 0 unspecified atom stereocenters. The summed E-state index contributed by atoms with van der Waals surface area (Å²) in [7, 11) is 0. The van der Waals surface area contributed by atoms with E-state index in [0.29, 0.717) is 12.4 Å². The third-order valence-electron chi connectivity index (χ3n) is 3.60. The minimum atomic E-state index is -4.94. The SMILES string of the molecule is CCCOc1ccc2c(=O)c(Oc3ccccc3Cl)c(C(F)(F)F)oc2c1. The average Bonchev–Trinajstić information content (AvgIpc) is 2.62. The summed E-state index contributed by atoms with van der Waals surface area (Å²) in [5.74, 6) is -2.28. The van der Waals surface area contributed by atoms with E-state index < -0.39 is 23.1 Å². The second kappa shape index (κ2) is 7.52. The third kappa shape index (κ3) is 4.03. The fourth-order valence-electron chi connectivity index (χ4n) is 2.38. The van der Waals surface area contributed by atoms with Gasteiger partial charge in [-0.3, -0.25) is 4.79 Å². The zero-order valence-electron chi connectivity index (χ0n) is 14.1. The maximum Gasteiger partial charge on any atom is 0.453 e. The van der Waals surface area contributed by atoms with Crippen molar-refractivity contribution < 1.29 is 27.1 Å². The highest BCUT2D eigenvalue weighted by atomic mass is 35.5. The Labute approximate surface area is 157 Å². The van der Waals surface area contributed by atoms with Gasteiger partial charge in [0.2, 0.25) is 11.2 Å². The Morgan fingerprint density at radius 3 is 2.56 bits per heavy atom. The summed E-state index contributed by atoms with van der Waals surface area (Å²) in [6.45, 7) is 2.27. The van der Waals surface area contributed by atoms with Gasteiger partial charge in [0.05, 0.1) is 17.0 Å². The third-order valence-corrected chi connectivity index (χ3v) is 3.91. The predicted molar refractivity (Wildman–Crippen MR) is 94.8 cm³/mol. The van der Waals surface area contributed by atoms with E-state index in [1.165, 1.54) is 36.4 Å². The number of ether oxygens (including phenoxy) is 2. The molecule has 0 bridgehead atoms. The van der Waals surface area contributed by atoms with Gasteiger partial charge in [-0.1, -0.05) is 30.7 Å². The lowest BCUT2D eigenvalue weighted by Gasteiger charge is -2.14. The quantitative estimate of drug-likeness (QED) is 0.525. The molecule has 0 aliphatic rings. The lowest BCUT2D eigenvalue weighted by Crippen LogP contribution is -2.15. The van der Waals surface area contributed by atoms with E-state index in [9.17, 15) is 18.0 Å². The Morgan fingerprint density at radius 1 is 1.15 bits per heavy atom. The van der Waals surface area contributed by atoms with Gasteiger partial charge >= 0.3 is 6.18 Å². The van der Waals surface area contributed by atoms with Crippen molar-refractivity contribution in [2.75, 3.05) is 6.61 Å². The van der Waals surface area contributed by atoms with Gasteiger partial charge in [0.1, 0.15) is 17.1 Å². The smallest absolute Gasteiger partial charge is 0.453 e. The van der Waals surface area contributed by atoms with Crippen molar-refractivity contribution in [2.24, 2.45) is 0 Å². The fourth-order valence-corrected chi connectivity index (χ4v) is 2.56. The van der Waals surface area contributed by atoms with Crippen molar-refractivity contribution in [1.29, 1.82) is 0 Å². The molecule has 0 spiro atoms. The molecule has 27 heavy (non-hydrogen) atoms. The molecule has 0 N–H and O–H groups in total. The largest absolute Gasteiger partial charge is 0.493 e. The highest BCUT2D eigenvalue weighted by Crippen LogP contribution is 2.39. The Kier molecular flexibility index (Phi) is 5.32. The zero-order chi connectivity index (χ0) is 19.6. The first-order valence-electron chi connectivity index (χ1n) is 8.04. The van der Waals surface area contributed by atoms with Crippen LogP contribution < -0.4 is 14.9 Å². The number of halogens is 4. The molecular weight excluding hydrogens is 385 g/mol. The molecule has 0 fully saturated rings. The van der Waals surface area contributed by atoms with E-state index in [1.807, 2.05) is 6.92 Å². The van der Waals surface area contributed by atoms with Crippen molar-refractivity contribution >= 4 is 22.6 Å². The zero-order valence-corrected chi connectivity index (χ0v) is 14.9. The topological polar surface area (TPSA) is 48.7 Å². The van der Waals surface area contributed by atoms with E-state index in [1.54, 1.807) is 6.07 Å². The van der Waals surface area contributed by atoms with Gasteiger partial charge in [0.15, 0.2) is 0 Å². The van der Waals surface area contributed by atoms with Crippen LogP contribution in [-0.4, -0.2) is 6.61 Å². The predicted octanol–water partition coefficient (Wildman–Crippen LogP) is 6.05. The number of fused-ring (bicyclic) bond motifs is 1. The van der Waals surface area contributed by atoms with Crippen molar-refractivity contribution in [2.45, 2.75) is 19.5 Å². The van der Waals surface area contributed by atoms with Crippen LogP contribution in [0.4, 0.5) is 13.2 Å². The molecule has 8 heteroatoms. The van der Waals surface area contributed by atoms with Crippen LogP contribution in [0.5, 0.6) is 17.2 Å². The van der Waals surface area contributed by atoms with Crippen LogP contribution in [0.2, 0.25) is 5.02 Å². The Balaban J connectivity index is 2.18. The molecule has 0 atom stereocenters. The number of para-hydroxylation sites is 1. The molecule has 3 rings (SSSR count). The number of benzene rings is 2. The summed E-state index contributed by atoms with van der Waals surface area (Å²) >= 11 is 5.93. The van der Waals surface area contributed by atoms with Gasteiger partial charge in [-0.25, -0.2) is 0 Å². The molecule has 0 aliphatic carbocycles. The van der Waals surface area contributed by atoms with Crippen LogP contribution in [0.15, 0.2) is 51.7 Å². The van der Waals surface area contributed by atoms with Crippen LogP contribution in [-0.2, 0) is 6.18 Å². The Hall–Kier alpha value is -2.67. The second-order valence-corrected chi connectivity index (χ2v) is 6.03. The summed E-state index contributed by atoms with van der Waals surface area (Å²) in [6.07, 6.45) is -4.22. The van der Waals surface area contributed by atoms with Crippen LogP contribution in [0.3, 0.4) is 0 Å². The summed E-state index contributed by atoms with van der Waals surface area (Å²) in [5.41, 5.74) is -1.20. The van der Waals surface area contributed by atoms with E-state index in [0.717, 1.165) is 6.42 Å². The van der Waals surface area contributed by atoms with E-state index in [-0.39, 0.29) is 21.7 Å². The van der Waals surface area contributed by atoms with Gasteiger partial charge in [-0.15, -0.1) is 0 Å². The summed E-state index contributed by atoms with van der Waals surface area (Å²) in [6, 6.07) is 9.97. The second-order valence-electron chi connectivity index (χ2n) is 5.63. The molecule has 1 heterocycles. The van der Waals surface area contributed by atoms with Crippen molar-refractivity contribution in [3.63, 3.8) is 0 Å². The van der Waals surface area contributed by atoms with E-state index in [4.69, 9.17) is 25.5 Å². The lowest BCUT2D eigenvalue weighted by molar-refractivity contribution is -0.154. The monoisotopic (exact) mass is 398 g/mol. The van der Waals surface area contributed by atoms with Gasteiger partial charge in [-0.05, 0) is 30.7 Å².